The average Bonchev–Trinajstić information content (AvgIpc) is 2.78. The van der Waals surface area contributed by atoms with E-state index in [0.29, 0.717) is 17.8 Å². The van der Waals surface area contributed by atoms with Crippen LogP contribution in [0.2, 0.25) is 0 Å². The molecule has 0 bridgehead atoms. The standard InChI is InChI=1S/C15H21ClN2O/c1-5-11(10(2)3)18-12-7-6-8-13(19-4)15(12)17-14(18)9-16/h6-8,10-11H,5,9H2,1-4H3. The number of nitrogens with zero attached hydrogens (tertiary/aromatic N) is 2. The molecular weight excluding hydrogens is 260 g/mol. The van der Waals surface area contributed by atoms with Crippen molar-refractivity contribution < 1.29 is 4.74 Å². The van der Waals surface area contributed by atoms with Gasteiger partial charge in [-0.2, -0.15) is 0 Å². The van der Waals surface area contributed by atoms with E-state index in [-0.39, 0.29) is 0 Å². The first kappa shape index (κ1) is 14.2. The second-order valence-electron chi connectivity index (χ2n) is 5.08. The highest BCUT2D eigenvalue weighted by atomic mass is 35.5. The third kappa shape index (κ3) is 2.44. The number of ether oxygens (including phenoxy) is 1. The van der Waals surface area contributed by atoms with Crippen molar-refractivity contribution in [2.75, 3.05) is 7.11 Å². The van der Waals surface area contributed by atoms with Crippen molar-refractivity contribution in [2.45, 2.75) is 39.1 Å². The first-order chi connectivity index (χ1) is 9.13. The highest BCUT2D eigenvalue weighted by Crippen LogP contribution is 2.32. The quantitative estimate of drug-likeness (QED) is 0.760. The van der Waals surface area contributed by atoms with Crippen molar-refractivity contribution in [2.24, 2.45) is 5.92 Å². The zero-order valence-corrected chi connectivity index (χ0v) is 12.7. The van der Waals surface area contributed by atoms with Crippen LogP contribution in [0.5, 0.6) is 5.75 Å². The Balaban J connectivity index is 2.70. The van der Waals surface area contributed by atoms with Gasteiger partial charge < -0.3 is 9.30 Å². The predicted octanol–water partition coefficient (Wildman–Crippen LogP) is 4.39. The summed E-state index contributed by atoms with van der Waals surface area (Å²) in [5.74, 6) is 2.68. The van der Waals surface area contributed by atoms with E-state index >= 15 is 0 Å². The van der Waals surface area contributed by atoms with Crippen LogP contribution in [0.1, 0.15) is 39.1 Å². The molecule has 0 aliphatic heterocycles. The summed E-state index contributed by atoms with van der Waals surface area (Å²) in [7, 11) is 1.67. The van der Waals surface area contributed by atoms with Crippen LogP contribution >= 0.6 is 11.6 Å². The van der Waals surface area contributed by atoms with Gasteiger partial charge in [0.2, 0.25) is 0 Å². The van der Waals surface area contributed by atoms with Crippen molar-refractivity contribution in [1.29, 1.82) is 0 Å². The summed E-state index contributed by atoms with van der Waals surface area (Å²) < 4.78 is 7.67. The SMILES string of the molecule is CCC(C(C)C)n1c(CCl)nc2c(OC)cccc21. The van der Waals surface area contributed by atoms with Gasteiger partial charge in [-0.05, 0) is 24.5 Å². The van der Waals surface area contributed by atoms with Crippen molar-refractivity contribution >= 4 is 22.6 Å². The molecular formula is C15H21ClN2O. The molecule has 2 rings (SSSR count). The monoisotopic (exact) mass is 280 g/mol. The van der Waals surface area contributed by atoms with Gasteiger partial charge in [0, 0.05) is 6.04 Å². The van der Waals surface area contributed by atoms with E-state index in [1.807, 2.05) is 12.1 Å². The molecule has 19 heavy (non-hydrogen) atoms. The zero-order valence-electron chi connectivity index (χ0n) is 12.0. The lowest BCUT2D eigenvalue weighted by Gasteiger charge is -2.23. The fraction of sp³-hybridized carbons (Fsp3) is 0.533. The van der Waals surface area contributed by atoms with Crippen LogP contribution in [-0.4, -0.2) is 16.7 Å². The van der Waals surface area contributed by atoms with Crippen molar-refractivity contribution in [1.82, 2.24) is 9.55 Å². The lowest BCUT2D eigenvalue weighted by atomic mass is 10.0. The lowest BCUT2D eigenvalue weighted by Crippen LogP contribution is -2.16. The first-order valence-corrected chi connectivity index (χ1v) is 7.27. The summed E-state index contributed by atoms with van der Waals surface area (Å²) in [6.45, 7) is 6.67. The van der Waals surface area contributed by atoms with Gasteiger partial charge in [0.1, 0.15) is 17.1 Å². The number of para-hydroxylation sites is 1. The van der Waals surface area contributed by atoms with E-state index in [1.54, 1.807) is 7.11 Å². The van der Waals surface area contributed by atoms with Gasteiger partial charge in [-0.25, -0.2) is 4.98 Å². The molecule has 0 saturated carbocycles. The number of rotatable bonds is 5. The number of hydrogen-bond donors (Lipinski definition) is 0. The largest absolute Gasteiger partial charge is 0.494 e. The van der Waals surface area contributed by atoms with Gasteiger partial charge in [0.25, 0.3) is 0 Å². The Labute approximate surface area is 119 Å². The Morgan fingerprint density at radius 2 is 2.11 bits per heavy atom. The zero-order chi connectivity index (χ0) is 14.0. The Hall–Kier alpha value is -1.22. The van der Waals surface area contributed by atoms with E-state index in [9.17, 15) is 0 Å². The third-order valence-electron chi connectivity index (χ3n) is 3.62. The summed E-state index contributed by atoms with van der Waals surface area (Å²) >= 11 is 6.08. The van der Waals surface area contributed by atoms with Crippen molar-refractivity contribution in [3.63, 3.8) is 0 Å². The summed E-state index contributed by atoms with van der Waals surface area (Å²) in [4.78, 5) is 4.66. The van der Waals surface area contributed by atoms with Gasteiger partial charge in [-0.3, -0.25) is 0 Å². The second kappa shape index (κ2) is 5.83. The highest BCUT2D eigenvalue weighted by molar-refractivity contribution is 6.16. The average molecular weight is 281 g/mol. The van der Waals surface area contributed by atoms with Gasteiger partial charge in [-0.1, -0.05) is 26.8 Å². The molecule has 0 radical (unpaired) electrons. The normalized spacial score (nSPS) is 13.2. The number of halogens is 1. The van der Waals surface area contributed by atoms with E-state index in [4.69, 9.17) is 16.3 Å². The molecule has 1 heterocycles. The number of alkyl halides is 1. The van der Waals surface area contributed by atoms with Crippen LogP contribution in [0.3, 0.4) is 0 Å². The molecule has 0 aliphatic rings. The topological polar surface area (TPSA) is 27.1 Å². The molecule has 0 aliphatic carbocycles. The number of benzene rings is 1. The molecule has 4 heteroatoms. The van der Waals surface area contributed by atoms with Crippen molar-refractivity contribution in [3.8, 4) is 5.75 Å². The molecule has 1 aromatic carbocycles. The smallest absolute Gasteiger partial charge is 0.146 e. The van der Waals surface area contributed by atoms with E-state index in [2.05, 4.69) is 36.4 Å². The molecule has 2 aromatic rings. The fourth-order valence-electron chi connectivity index (χ4n) is 2.72. The van der Waals surface area contributed by atoms with Gasteiger partial charge in [0.05, 0.1) is 18.5 Å². The summed E-state index contributed by atoms with van der Waals surface area (Å²) in [6, 6.07) is 6.44. The number of hydrogen-bond acceptors (Lipinski definition) is 2. The van der Waals surface area contributed by atoms with Crippen LogP contribution in [-0.2, 0) is 5.88 Å². The van der Waals surface area contributed by atoms with E-state index in [0.717, 1.165) is 29.0 Å². The summed E-state index contributed by atoms with van der Waals surface area (Å²) in [5.41, 5.74) is 2.01. The van der Waals surface area contributed by atoms with Gasteiger partial charge in [-0.15, -0.1) is 11.6 Å². The molecule has 3 nitrogen and oxygen atoms in total. The maximum Gasteiger partial charge on any atom is 0.146 e. The lowest BCUT2D eigenvalue weighted by molar-refractivity contribution is 0.367. The van der Waals surface area contributed by atoms with Crippen LogP contribution in [0.4, 0.5) is 0 Å². The van der Waals surface area contributed by atoms with Gasteiger partial charge in [0.15, 0.2) is 0 Å². The minimum atomic E-state index is 0.408. The number of fused-ring (bicyclic) bond motifs is 1. The highest BCUT2D eigenvalue weighted by Gasteiger charge is 2.21. The molecule has 0 amide bonds. The Morgan fingerprint density at radius 1 is 1.37 bits per heavy atom. The fourth-order valence-corrected chi connectivity index (χ4v) is 2.91. The first-order valence-electron chi connectivity index (χ1n) is 6.73. The van der Waals surface area contributed by atoms with Crippen LogP contribution in [0, 0.1) is 5.92 Å². The summed E-state index contributed by atoms with van der Waals surface area (Å²) in [6.07, 6.45) is 1.06. The Kier molecular flexibility index (Phi) is 4.35. The molecule has 1 aromatic heterocycles. The van der Waals surface area contributed by atoms with Crippen LogP contribution in [0.25, 0.3) is 11.0 Å². The molecule has 0 spiro atoms. The third-order valence-corrected chi connectivity index (χ3v) is 3.85. The van der Waals surface area contributed by atoms with E-state index in [1.165, 1.54) is 0 Å². The predicted molar refractivity (Wildman–Crippen MR) is 80.0 cm³/mol. The van der Waals surface area contributed by atoms with Crippen LogP contribution < -0.4 is 4.74 Å². The minimum absolute atomic E-state index is 0.408. The maximum absolute atomic E-state index is 6.08. The minimum Gasteiger partial charge on any atom is -0.494 e. The van der Waals surface area contributed by atoms with Gasteiger partial charge >= 0.3 is 0 Å². The Bertz CT molecular complexity index is 563. The molecule has 0 fully saturated rings. The number of aromatic nitrogens is 2. The van der Waals surface area contributed by atoms with Crippen molar-refractivity contribution in [3.05, 3.63) is 24.0 Å². The molecule has 104 valence electrons. The molecule has 0 N–H and O–H groups in total. The number of methoxy groups -OCH3 is 1. The van der Waals surface area contributed by atoms with E-state index < -0.39 is 0 Å². The van der Waals surface area contributed by atoms with Crippen LogP contribution in [0.15, 0.2) is 18.2 Å². The second-order valence-corrected chi connectivity index (χ2v) is 5.35. The molecule has 0 saturated heterocycles. The summed E-state index contributed by atoms with van der Waals surface area (Å²) in [5, 5.41) is 0. The maximum atomic E-state index is 6.08. The Morgan fingerprint density at radius 3 is 2.63 bits per heavy atom. The molecule has 1 unspecified atom stereocenters. The molecule has 1 atom stereocenters. The number of imidazole rings is 1.